The maximum Gasteiger partial charge on any atom is 0.111 e. The molecule has 0 aromatic heterocycles. The van der Waals surface area contributed by atoms with Gasteiger partial charge in [-0.3, -0.25) is 0 Å². The molecule has 1 fully saturated rings. The molecule has 0 aliphatic heterocycles. The fourth-order valence-corrected chi connectivity index (χ4v) is 2.54. The fraction of sp³-hybridized carbons (Fsp3) is 0.837. The Morgan fingerprint density at radius 2 is 0.962 bits per heavy atom. The lowest BCUT2D eigenvalue weighted by atomic mass is 9.96. The number of hydrogen-bond donors (Lipinski definition) is 2. The summed E-state index contributed by atoms with van der Waals surface area (Å²) in [5.74, 6) is 25.2. The smallest absolute Gasteiger partial charge is 0.111 e. The summed E-state index contributed by atoms with van der Waals surface area (Å²) >= 11 is 0. The standard InChI is InChI=1S/C10H16.C9H16.C8H14O.C8H14.C7H16O2.C7H16O/c1-9(2,3)5-6-10(4)7-8-10;1-8(2)6-7-9(3,4)5;1-7(9)5-6-8(2,3)4;1-5-6-7-8(2,3)4;1-7(2,3)9-6-4-5-8;1-5-6-8-7(2,3)4/h7-8H2,1-4H3;8H,1-5H3;7,9H,1-4H3;5H2,1-4H3;8H,4-6H2,1-3H3;5-6H2,1-4H3/t;;7-;;;/m..1.../s1. The third-order valence-electron chi connectivity index (χ3n) is 5.35. The van der Waals surface area contributed by atoms with Gasteiger partial charge in [0.15, 0.2) is 0 Å². The molecule has 53 heavy (non-hydrogen) atoms. The highest BCUT2D eigenvalue weighted by atomic mass is 16.5. The Morgan fingerprint density at radius 1 is 0.585 bits per heavy atom. The summed E-state index contributed by atoms with van der Waals surface area (Å²) in [6.07, 6.45) is 4.92. The van der Waals surface area contributed by atoms with Crippen molar-refractivity contribution in [2.45, 2.75) is 216 Å². The lowest BCUT2D eigenvalue weighted by Gasteiger charge is -2.18. The number of ether oxygens (including phenoxy) is 2. The Morgan fingerprint density at radius 3 is 1.15 bits per heavy atom. The molecule has 0 bridgehead atoms. The topological polar surface area (TPSA) is 58.9 Å². The average molecular weight is 745 g/mol. The van der Waals surface area contributed by atoms with Gasteiger partial charge in [0, 0.05) is 59.2 Å². The molecular weight excluding hydrogens is 653 g/mol. The zero-order valence-corrected chi connectivity index (χ0v) is 40.0. The van der Waals surface area contributed by atoms with Gasteiger partial charge in [-0.15, -0.1) is 5.92 Å². The van der Waals surface area contributed by atoms with Crippen molar-refractivity contribution < 1.29 is 19.7 Å². The van der Waals surface area contributed by atoms with Gasteiger partial charge in [0.05, 0.1) is 11.2 Å². The summed E-state index contributed by atoms with van der Waals surface area (Å²) in [7, 11) is 0. The van der Waals surface area contributed by atoms with Gasteiger partial charge >= 0.3 is 0 Å². The average Bonchev–Trinajstić information content (AvgIpc) is 3.68. The minimum Gasteiger partial charge on any atom is -0.396 e. The largest absolute Gasteiger partial charge is 0.396 e. The van der Waals surface area contributed by atoms with Gasteiger partial charge in [-0.1, -0.05) is 69.1 Å². The third-order valence-corrected chi connectivity index (χ3v) is 5.35. The van der Waals surface area contributed by atoms with Crippen LogP contribution in [0.4, 0.5) is 0 Å². The lowest BCUT2D eigenvalue weighted by molar-refractivity contribution is -0.00869. The van der Waals surface area contributed by atoms with E-state index in [1.165, 1.54) is 12.8 Å². The van der Waals surface area contributed by atoms with Crippen LogP contribution in [0.3, 0.4) is 0 Å². The fourth-order valence-electron chi connectivity index (χ4n) is 2.54. The maximum atomic E-state index is 8.74. The predicted molar refractivity (Wildman–Crippen MR) is 236 cm³/mol. The van der Waals surface area contributed by atoms with Crippen LogP contribution in [0.5, 0.6) is 0 Å². The quantitative estimate of drug-likeness (QED) is 0.217. The van der Waals surface area contributed by atoms with Crippen molar-refractivity contribution in [3.05, 3.63) is 0 Å². The normalized spacial score (nSPS) is 13.6. The minimum atomic E-state index is -0.496. The van der Waals surface area contributed by atoms with E-state index in [1.807, 2.05) is 41.5 Å². The molecule has 1 rings (SSSR count). The van der Waals surface area contributed by atoms with Gasteiger partial charge in [0.2, 0.25) is 0 Å². The zero-order valence-electron chi connectivity index (χ0n) is 40.0. The van der Waals surface area contributed by atoms with E-state index in [-0.39, 0.29) is 39.5 Å². The summed E-state index contributed by atoms with van der Waals surface area (Å²) in [6, 6.07) is 0. The first-order chi connectivity index (χ1) is 23.4. The van der Waals surface area contributed by atoms with Crippen molar-refractivity contribution in [3.63, 3.8) is 0 Å². The van der Waals surface area contributed by atoms with E-state index in [2.05, 4.69) is 165 Å². The number of hydrogen-bond acceptors (Lipinski definition) is 4. The lowest BCUT2D eigenvalue weighted by Crippen LogP contribution is -2.20. The minimum absolute atomic E-state index is 0.0109. The summed E-state index contributed by atoms with van der Waals surface area (Å²) in [5.41, 5.74) is 0.946. The second-order valence-electron chi connectivity index (χ2n) is 20.3. The zero-order chi connectivity index (χ0) is 43.4. The molecule has 4 heteroatoms. The monoisotopic (exact) mass is 745 g/mol. The number of aliphatic hydroxyl groups excluding tert-OH is 2. The van der Waals surface area contributed by atoms with Crippen LogP contribution < -0.4 is 0 Å². The highest BCUT2D eigenvalue weighted by Gasteiger charge is 2.35. The Labute approximate surface area is 334 Å². The van der Waals surface area contributed by atoms with Gasteiger partial charge in [-0.05, 0) is 164 Å². The van der Waals surface area contributed by atoms with E-state index in [1.54, 1.807) is 6.92 Å². The van der Waals surface area contributed by atoms with Crippen molar-refractivity contribution in [1.82, 2.24) is 0 Å². The van der Waals surface area contributed by atoms with Crippen molar-refractivity contribution in [2.24, 2.45) is 33.0 Å². The van der Waals surface area contributed by atoms with Gasteiger partial charge in [-0.25, -0.2) is 0 Å². The Bertz CT molecular complexity index is 1080. The molecule has 312 valence electrons. The van der Waals surface area contributed by atoms with E-state index < -0.39 is 6.10 Å². The molecule has 0 heterocycles. The van der Waals surface area contributed by atoms with Crippen molar-refractivity contribution in [3.8, 4) is 47.4 Å². The molecule has 0 amide bonds. The predicted octanol–water partition coefficient (Wildman–Crippen LogP) is 12.8. The first-order valence-corrected chi connectivity index (χ1v) is 20.1. The molecule has 0 unspecified atom stereocenters. The SMILES string of the molecule is CC(C)(C)C#CC1(C)CC1.CC(C)(C)OCCCO.CC(C)C#CC(C)(C)C.CCC#CC(C)(C)C.CCCOC(C)(C)C.C[C@@H](O)C#CC(C)(C)C. The van der Waals surface area contributed by atoms with Crippen molar-refractivity contribution in [2.75, 3.05) is 19.8 Å². The van der Waals surface area contributed by atoms with Crippen molar-refractivity contribution in [1.29, 1.82) is 0 Å². The van der Waals surface area contributed by atoms with E-state index in [4.69, 9.17) is 19.7 Å². The molecule has 1 saturated carbocycles. The highest BCUT2D eigenvalue weighted by Crippen LogP contribution is 2.44. The van der Waals surface area contributed by atoms with Crippen LogP contribution in [0.2, 0.25) is 0 Å². The molecule has 1 atom stereocenters. The number of aliphatic hydroxyl groups is 2. The Kier molecular flexibility index (Phi) is 33.4. The van der Waals surface area contributed by atoms with Gasteiger partial charge in [0.25, 0.3) is 0 Å². The molecular formula is C49H92O4. The van der Waals surface area contributed by atoms with Crippen LogP contribution in [0.15, 0.2) is 0 Å². The highest BCUT2D eigenvalue weighted by molar-refractivity contribution is 5.20. The van der Waals surface area contributed by atoms with Crippen LogP contribution >= 0.6 is 0 Å². The van der Waals surface area contributed by atoms with Crippen molar-refractivity contribution >= 4 is 0 Å². The van der Waals surface area contributed by atoms with Gasteiger partial charge in [-0.2, -0.15) is 0 Å². The molecule has 1 aliphatic rings. The van der Waals surface area contributed by atoms with Gasteiger partial charge in [0.1, 0.15) is 6.10 Å². The molecule has 0 spiro atoms. The van der Waals surface area contributed by atoms with Crippen LogP contribution in [-0.4, -0.2) is 47.3 Å². The summed E-state index contributed by atoms with van der Waals surface area (Å²) in [4.78, 5) is 0. The van der Waals surface area contributed by atoms with Crippen LogP contribution in [-0.2, 0) is 9.47 Å². The summed E-state index contributed by atoms with van der Waals surface area (Å²) < 4.78 is 10.7. The first kappa shape index (κ1) is 60.3. The first-order valence-electron chi connectivity index (χ1n) is 20.1. The molecule has 4 nitrogen and oxygen atoms in total. The molecule has 0 aromatic rings. The second-order valence-corrected chi connectivity index (χ2v) is 20.3. The van der Waals surface area contributed by atoms with E-state index >= 15 is 0 Å². The van der Waals surface area contributed by atoms with Crippen LogP contribution in [0, 0.1) is 80.4 Å². The van der Waals surface area contributed by atoms with E-state index in [0.29, 0.717) is 17.9 Å². The van der Waals surface area contributed by atoms with E-state index in [0.717, 1.165) is 25.9 Å². The maximum absolute atomic E-state index is 8.74. The summed E-state index contributed by atoms with van der Waals surface area (Å²) in [6.45, 7) is 51.6. The number of rotatable bonds is 5. The molecule has 0 saturated heterocycles. The Hall–Kier alpha value is -1.92. The molecule has 2 N–H and O–H groups in total. The van der Waals surface area contributed by atoms with Crippen LogP contribution in [0.1, 0.15) is 198 Å². The molecule has 1 aliphatic carbocycles. The van der Waals surface area contributed by atoms with Gasteiger partial charge < -0.3 is 19.7 Å². The van der Waals surface area contributed by atoms with Crippen LogP contribution in [0.25, 0.3) is 0 Å². The Balaban J connectivity index is -0.000000174. The second kappa shape index (κ2) is 29.4. The summed E-state index contributed by atoms with van der Waals surface area (Å²) in [5, 5.41) is 17.1. The van der Waals surface area contributed by atoms with E-state index in [9.17, 15) is 0 Å². The third kappa shape index (κ3) is 79.8. The molecule has 0 aromatic carbocycles. The molecule has 0 radical (unpaired) electrons.